The van der Waals surface area contributed by atoms with Crippen LogP contribution in [0.25, 0.3) is 0 Å². The first-order valence-electron chi connectivity index (χ1n) is 8.10. The summed E-state index contributed by atoms with van der Waals surface area (Å²) in [5, 5.41) is 3.66. The van der Waals surface area contributed by atoms with Gasteiger partial charge in [0.1, 0.15) is 0 Å². The van der Waals surface area contributed by atoms with Crippen LogP contribution in [0.1, 0.15) is 50.7 Å². The second-order valence-corrected chi connectivity index (χ2v) is 6.24. The summed E-state index contributed by atoms with van der Waals surface area (Å²) in [4.78, 5) is 0. The van der Waals surface area contributed by atoms with Crippen molar-refractivity contribution >= 4 is 0 Å². The lowest BCUT2D eigenvalue weighted by molar-refractivity contribution is 0.0396. The fourth-order valence-corrected chi connectivity index (χ4v) is 3.04. The molecule has 0 aliphatic carbocycles. The zero-order chi connectivity index (χ0) is 14.4. The molecule has 0 saturated carbocycles. The van der Waals surface area contributed by atoms with Gasteiger partial charge < -0.3 is 10.1 Å². The van der Waals surface area contributed by atoms with Crippen LogP contribution >= 0.6 is 0 Å². The van der Waals surface area contributed by atoms with E-state index in [0.29, 0.717) is 17.9 Å². The molecule has 0 radical (unpaired) electrons. The number of ether oxygens (including phenoxy) is 1. The predicted octanol–water partition coefficient (Wildman–Crippen LogP) is 3.76. The molecule has 1 fully saturated rings. The third kappa shape index (κ3) is 4.32. The van der Waals surface area contributed by atoms with Crippen molar-refractivity contribution in [2.24, 2.45) is 5.92 Å². The van der Waals surface area contributed by atoms with E-state index in [4.69, 9.17) is 4.74 Å². The lowest BCUT2D eigenvalue weighted by Gasteiger charge is -2.31. The van der Waals surface area contributed by atoms with Crippen molar-refractivity contribution in [3.63, 3.8) is 0 Å². The summed E-state index contributed by atoms with van der Waals surface area (Å²) in [5.41, 5.74) is 2.86. The van der Waals surface area contributed by atoms with E-state index in [1.165, 1.54) is 24.0 Å². The first-order chi connectivity index (χ1) is 9.70. The summed E-state index contributed by atoms with van der Waals surface area (Å²) < 4.78 is 5.66. The van der Waals surface area contributed by atoms with Gasteiger partial charge in [-0.25, -0.2) is 0 Å². The molecule has 1 aliphatic rings. The first kappa shape index (κ1) is 15.5. The molecule has 2 unspecified atom stereocenters. The first-order valence-corrected chi connectivity index (χ1v) is 8.10. The van der Waals surface area contributed by atoms with E-state index in [9.17, 15) is 0 Å². The molecule has 1 aliphatic heterocycles. The maximum atomic E-state index is 5.66. The largest absolute Gasteiger partial charge is 0.381 e. The molecule has 20 heavy (non-hydrogen) atoms. The standard InChI is InChI=1S/C18H29NO/c1-4-19-18(17-6-5-11-20-13-17)12-15-7-9-16(10-8-15)14(2)3/h7-10,14,17-19H,4-6,11-13H2,1-3H3. The summed E-state index contributed by atoms with van der Waals surface area (Å²) >= 11 is 0. The molecule has 2 rings (SSSR count). The van der Waals surface area contributed by atoms with Crippen LogP contribution in [0.15, 0.2) is 24.3 Å². The highest BCUT2D eigenvalue weighted by atomic mass is 16.5. The van der Waals surface area contributed by atoms with Crippen LogP contribution < -0.4 is 5.32 Å². The highest BCUT2D eigenvalue weighted by Crippen LogP contribution is 2.21. The van der Waals surface area contributed by atoms with Gasteiger partial charge in [0.2, 0.25) is 0 Å². The molecule has 1 heterocycles. The van der Waals surface area contributed by atoms with Crippen LogP contribution in [-0.4, -0.2) is 25.8 Å². The molecular weight excluding hydrogens is 246 g/mol. The summed E-state index contributed by atoms with van der Waals surface area (Å²) in [6.45, 7) is 9.58. The Morgan fingerprint density at radius 1 is 1.25 bits per heavy atom. The zero-order valence-electron chi connectivity index (χ0n) is 13.2. The van der Waals surface area contributed by atoms with Crippen LogP contribution in [0, 0.1) is 5.92 Å². The predicted molar refractivity (Wildman–Crippen MR) is 85.2 cm³/mol. The van der Waals surface area contributed by atoms with Gasteiger partial charge in [0.15, 0.2) is 0 Å². The fourth-order valence-electron chi connectivity index (χ4n) is 3.04. The molecule has 2 atom stereocenters. The van der Waals surface area contributed by atoms with Gasteiger partial charge in [0.25, 0.3) is 0 Å². The Balaban J connectivity index is 1.99. The smallest absolute Gasteiger partial charge is 0.0509 e. The second-order valence-electron chi connectivity index (χ2n) is 6.24. The van der Waals surface area contributed by atoms with Crippen molar-refractivity contribution in [1.82, 2.24) is 5.32 Å². The molecule has 1 aromatic carbocycles. The van der Waals surface area contributed by atoms with Gasteiger partial charge in [-0.15, -0.1) is 0 Å². The Labute approximate surface area is 123 Å². The Hall–Kier alpha value is -0.860. The number of nitrogens with one attached hydrogen (secondary N) is 1. The maximum Gasteiger partial charge on any atom is 0.0509 e. The number of hydrogen-bond donors (Lipinski definition) is 1. The average molecular weight is 275 g/mol. The Kier molecular flexibility index (Phi) is 6.06. The van der Waals surface area contributed by atoms with Gasteiger partial charge in [0, 0.05) is 12.6 Å². The quantitative estimate of drug-likeness (QED) is 0.853. The molecular formula is C18H29NO. The molecule has 0 aromatic heterocycles. The average Bonchev–Trinajstić information content (AvgIpc) is 2.48. The van der Waals surface area contributed by atoms with E-state index in [1.807, 2.05) is 0 Å². The molecule has 1 N–H and O–H groups in total. The molecule has 1 aromatic rings. The molecule has 112 valence electrons. The van der Waals surface area contributed by atoms with Crippen molar-refractivity contribution in [2.45, 2.75) is 52.0 Å². The molecule has 2 heteroatoms. The molecule has 2 nitrogen and oxygen atoms in total. The SMILES string of the molecule is CCNC(Cc1ccc(C(C)C)cc1)C1CCCOC1. The van der Waals surface area contributed by atoms with Gasteiger partial charge in [-0.1, -0.05) is 45.0 Å². The third-order valence-corrected chi connectivity index (χ3v) is 4.33. The molecule has 1 saturated heterocycles. The van der Waals surface area contributed by atoms with E-state index >= 15 is 0 Å². The highest BCUT2D eigenvalue weighted by Gasteiger charge is 2.23. The topological polar surface area (TPSA) is 21.3 Å². The number of likely N-dealkylation sites (N-methyl/N-ethyl adjacent to an activating group) is 1. The normalized spacial score (nSPS) is 21.1. The van der Waals surface area contributed by atoms with Crippen LogP contribution in [-0.2, 0) is 11.2 Å². The van der Waals surface area contributed by atoms with E-state index in [-0.39, 0.29) is 0 Å². The van der Waals surface area contributed by atoms with Crippen molar-refractivity contribution in [3.05, 3.63) is 35.4 Å². The van der Waals surface area contributed by atoms with Crippen LogP contribution in [0.3, 0.4) is 0 Å². The Morgan fingerprint density at radius 3 is 2.55 bits per heavy atom. The number of benzene rings is 1. The molecule has 0 amide bonds. The Morgan fingerprint density at radius 2 is 2.00 bits per heavy atom. The lowest BCUT2D eigenvalue weighted by atomic mass is 9.88. The highest BCUT2D eigenvalue weighted by molar-refractivity contribution is 5.25. The monoisotopic (exact) mass is 275 g/mol. The van der Waals surface area contributed by atoms with Crippen LogP contribution in [0.5, 0.6) is 0 Å². The minimum absolute atomic E-state index is 0.546. The summed E-state index contributed by atoms with van der Waals surface area (Å²) in [7, 11) is 0. The van der Waals surface area contributed by atoms with Gasteiger partial charge >= 0.3 is 0 Å². The minimum Gasteiger partial charge on any atom is -0.381 e. The third-order valence-electron chi connectivity index (χ3n) is 4.33. The van der Waals surface area contributed by atoms with E-state index in [0.717, 1.165) is 26.2 Å². The van der Waals surface area contributed by atoms with E-state index < -0.39 is 0 Å². The molecule has 0 bridgehead atoms. The maximum absolute atomic E-state index is 5.66. The minimum atomic E-state index is 0.546. The van der Waals surface area contributed by atoms with Gasteiger partial charge in [-0.3, -0.25) is 0 Å². The summed E-state index contributed by atoms with van der Waals surface area (Å²) in [6.07, 6.45) is 3.61. The summed E-state index contributed by atoms with van der Waals surface area (Å²) in [5.74, 6) is 1.27. The van der Waals surface area contributed by atoms with E-state index in [2.05, 4.69) is 50.4 Å². The van der Waals surface area contributed by atoms with Gasteiger partial charge in [-0.2, -0.15) is 0 Å². The van der Waals surface area contributed by atoms with Gasteiger partial charge in [-0.05, 0) is 48.8 Å². The zero-order valence-corrected chi connectivity index (χ0v) is 13.2. The summed E-state index contributed by atoms with van der Waals surface area (Å²) in [6, 6.07) is 9.69. The van der Waals surface area contributed by atoms with Crippen molar-refractivity contribution in [3.8, 4) is 0 Å². The van der Waals surface area contributed by atoms with Crippen LogP contribution in [0.2, 0.25) is 0 Å². The van der Waals surface area contributed by atoms with Crippen molar-refractivity contribution in [2.75, 3.05) is 19.8 Å². The Bertz CT molecular complexity index is 379. The van der Waals surface area contributed by atoms with Crippen molar-refractivity contribution < 1.29 is 4.74 Å². The van der Waals surface area contributed by atoms with Gasteiger partial charge in [0.05, 0.1) is 6.61 Å². The second kappa shape index (κ2) is 7.80. The number of hydrogen-bond acceptors (Lipinski definition) is 2. The number of rotatable bonds is 6. The van der Waals surface area contributed by atoms with E-state index in [1.54, 1.807) is 0 Å². The van der Waals surface area contributed by atoms with Crippen molar-refractivity contribution in [1.29, 1.82) is 0 Å². The van der Waals surface area contributed by atoms with Crippen LogP contribution in [0.4, 0.5) is 0 Å². The fraction of sp³-hybridized carbons (Fsp3) is 0.667. The molecule has 0 spiro atoms. The lowest BCUT2D eigenvalue weighted by Crippen LogP contribution is -2.41.